The molecule has 0 spiro atoms. The molecular formula is C17H29LiN2O7. The summed E-state index contributed by atoms with van der Waals surface area (Å²) in [5.41, 5.74) is 0. The number of nitrogens with zero attached hydrogens (tertiary/aromatic N) is 2. The van der Waals surface area contributed by atoms with Crippen LogP contribution in [0.5, 0.6) is 0 Å². The van der Waals surface area contributed by atoms with Crippen LogP contribution in [0.1, 0.15) is 32.6 Å². The molecule has 0 aliphatic carbocycles. The summed E-state index contributed by atoms with van der Waals surface area (Å²) in [6.07, 6.45) is 3.04. The molecule has 0 rings (SSSR count). The molecule has 0 saturated carbocycles. The second kappa shape index (κ2) is 16.8. The van der Waals surface area contributed by atoms with Crippen molar-refractivity contribution in [2.75, 3.05) is 39.3 Å². The van der Waals surface area contributed by atoms with Crippen LogP contribution < -0.4 is 24.0 Å². The average molecular weight is 380 g/mol. The number of aliphatic carboxylic acids is 3. The van der Waals surface area contributed by atoms with Crippen molar-refractivity contribution >= 4 is 17.9 Å². The van der Waals surface area contributed by atoms with Crippen LogP contribution >= 0.6 is 0 Å². The summed E-state index contributed by atoms with van der Waals surface area (Å²) < 4.78 is 0. The molecule has 9 nitrogen and oxygen atoms in total. The molecule has 0 aliphatic rings. The Morgan fingerprint density at radius 2 is 1.41 bits per heavy atom. The van der Waals surface area contributed by atoms with Crippen LogP contribution in [0.15, 0.2) is 12.2 Å². The molecule has 1 unspecified atom stereocenters. The fourth-order valence-corrected chi connectivity index (χ4v) is 2.34. The summed E-state index contributed by atoms with van der Waals surface area (Å²) in [5.74, 6) is -3.14. The van der Waals surface area contributed by atoms with E-state index in [9.17, 15) is 24.6 Å². The van der Waals surface area contributed by atoms with Gasteiger partial charge in [-0.15, -0.1) is 0 Å². The molecule has 0 bridgehead atoms. The maximum absolute atomic E-state index is 10.8. The van der Waals surface area contributed by atoms with Gasteiger partial charge in [-0.3, -0.25) is 14.5 Å². The van der Waals surface area contributed by atoms with Gasteiger partial charge >= 0.3 is 30.8 Å². The van der Waals surface area contributed by atoms with Crippen molar-refractivity contribution in [3.8, 4) is 0 Å². The first-order valence-electron chi connectivity index (χ1n) is 8.62. The Balaban J connectivity index is 0. The molecular weight excluding hydrogens is 351 g/mol. The number of carbonyl (C=O) groups excluding carboxylic acids is 1. The number of carboxylic acids is 3. The maximum atomic E-state index is 10.8. The third-order valence-corrected chi connectivity index (χ3v) is 3.76. The van der Waals surface area contributed by atoms with E-state index in [0.29, 0.717) is 19.5 Å². The molecule has 1 atom stereocenters. The van der Waals surface area contributed by atoms with Crippen molar-refractivity contribution in [2.45, 2.75) is 38.7 Å². The minimum Gasteiger partial charge on any atom is -0.550 e. The molecule has 0 aliphatic heterocycles. The summed E-state index contributed by atoms with van der Waals surface area (Å²) in [5, 5.41) is 38.3. The van der Waals surface area contributed by atoms with Crippen molar-refractivity contribution < 1.29 is 53.7 Å². The fourth-order valence-electron chi connectivity index (χ4n) is 2.34. The van der Waals surface area contributed by atoms with E-state index in [4.69, 9.17) is 10.2 Å². The molecule has 0 aromatic heterocycles. The van der Waals surface area contributed by atoms with Crippen LogP contribution in [0.25, 0.3) is 0 Å². The Morgan fingerprint density at radius 3 is 1.89 bits per heavy atom. The molecule has 3 N–H and O–H groups in total. The SMILES string of the molecule is C/C=C/CC(O)CN(CCC(=O)O)CCN(CCC(=O)[O-])CCC(=O)O.[Li+]. The van der Waals surface area contributed by atoms with E-state index in [1.165, 1.54) is 0 Å². The zero-order chi connectivity index (χ0) is 19.9. The standard InChI is InChI=1S/C17H30N2O7.Li/c1-2-3-4-14(20)13-19(10-7-17(25)26)12-11-18(8-5-15(21)22)9-6-16(23)24;/h2-3,14,20H,4-13H2,1H3,(H,21,22)(H,23,24)(H,25,26);/q;+1/p-1/b3-2+;. The van der Waals surface area contributed by atoms with E-state index in [-0.39, 0.29) is 64.3 Å². The van der Waals surface area contributed by atoms with E-state index < -0.39 is 24.0 Å². The number of allylic oxidation sites excluding steroid dienone is 1. The molecule has 0 radical (unpaired) electrons. The fraction of sp³-hybridized carbons (Fsp3) is 0.706. The minimum atomic E-state index is -1.21. The van der Waals surface area contributed by atoms with Gasteiger partial charge in [-0.2, -0.15) is 0 Å². The van der Waals surface area contributed by atoms with E-state index >= 15 is 0 Å². The van der Waals surface area contributed by atoms with E-state index in [1.807, 2.05) is 19.1 Å². The second-order valence-corrected chi connectivity index (χ2v) is 6.01. The van der Waals surface area contributed by atoms with Gasteiger partial charge < -0.3 is 30.1 Å². The Kier molecular flexibility index (Phi) is 17.3. The predicted molar refractivity (Wildman–Crippen MR) is 92.4 cm³/mol. The Morgan fingerprint density at radius 1 is 0.926 bits per heavy atom. The zero-order valence-electron chi connectivity index (χ0n) is 16.2. The summed E-state index contributed by atoms with van der Waals surface area (Å²) >= 11 is 0. The summed E-state index contributed by atoms with van der Waals surface area (Å²) in [7, 11) is 0. The number of hydrogen-bond donors (Lipinski definition) is 3. The summed E-state index contributed by atoms with van der Waals surface area (Å²) in [6.45, 7) is 3.48. The molecule has 0 saturated heterocycles. The first kappa shape index (κ1) is 27.8. The van der Waals surface area contributed by atoms with Crippen molar-refractivity contribution in [3.05, 3.63) is 12.2 Å². The summed E-state index contributed by atoms with van der Waals surface area (Å²) in [4.78, 5) is 35.7. The van der Waals surface area contributed by atoms with E-state index in [2.05, 4.69) is 0 Å². The Bertz CT molecular complexity index is 456. The van der Waals surface area contributed by atoms with Gasteiger partial charge in [0.2, 0.25) is 0 Å². The molecule has 27 heavy (non-hydrogen) atoms. The van der Waals surface area contributed by atoms with Crippen molar-refractivity contribution in [3.63, 3.8) is 0 Å². The zero-order valence-corrected chi connectivity index (χ0v) is 16.2. The molecule has 0 fully saturated rings. The largest absolute Gasteiger partial charge is 1.00 e. The molecule has 150 valence electrons. The van der Waals surface area contributed by atoms with Gasteiger partial charge in [0.15, 0.2) is 0 Å². The number of rotatable bonds is 16. The number of hydrogen-bond acceptors (Lipinski definition) is 7. The number of aliphatic hydroxyl groups excluding tert-OH is 1. The maximum Gasteiger partial charge on any atom is 1.00 e. The van der Waals surface area contributed by atoms with Gasteiger partial charge in [-0.1, -0.05) is 12.2 Å². The van der Waals surface area contributed by atoms with Gasteiger partial charge in [-0.25, -0.2) is 0 Å². The van der Waals surface area contributed by atoms with Crippen LogP contribution in [0, 0.1) is 0 Å². The quantitative estimate of drug-likeness (QED) is 0.180. The number of carbonyl (C=O) groups is 3. The smallest absolute Gasteiger partial charge is 0.550 e. The van der Waals surface area contributed by atoms with Crippen molar-refractivity contribution in [1.29, 1.82) is 0 Å². The molecule has 0 amide bonds. The molecule has 0 aromatic carbocycles. The monoisotopic (exact) mass is 380 g/mol. The number of aliphatic hydroxyl groups is 1. The van der Waals surface area contributed by atoms with Gasteiger partial charge in [0.25, 0.3) is 0 Å². The third kappa shape index (κ3) is 17.8. The molecule has 10 heteroatoms. The first-order chi connectivity index (χ1) is 12.2. The average Bonchev–Trinajstić information content (AvgIpc) is 2.56. The first-order valence-corrected chi connectivity index (χ1v) is 8.62. The van der Waals surface area contributed by atoms with Gasteiger partial charge in [0.1, 0.15) is 0 Å². The van der Waals surface area contributed by atoms with Crippen molar-refractivity contribution in [2.24, 2.45) is 0 Å². The van der Waals surface area contributed by atoms with Crippen LogP contribution in [0.3, 0.4) is 0 Å². The minimum absolute atomic E-state index is 0. The predicted octanol–water partition coefficient (Wildman–Crippen LogP) is -3.99. The second-order valence-electron chi connectivity index (χ2n) is 6.01. The summed E-state index contributed by atoms with van der Waals surface area (Å²) in [6, 6.07) is 0. The molecule has 0 aromatic rings. The Labute approximate surface area is 171 Å². The topological polar surface area (TPSA) is 141 Å². The normalized spacial score (nSPS) is 12.3. The number of carboxylic acid groups (broad SMARTS) is 3. The van der Waals surface area contributed by atoms with E-state index in [1.54, 1.807) is 9.80 Å². The van der Waals surface area contributed by atoms with Crippen LogP contribution in [-0.2, 0) is 14.4 Å². The molecule has 0 heterocycles. The van der Waals surface area contributed by atoms with Crippen molar-refractivity contribution in [1.82, 2.24) is 9.80 Å². The van der Waals surface area contributed by atoms with Gasteiger partial charge in [0, 0.05) is 45.2 Å². The van der Waals surface area contributed by atoms with Gasteiger partial charge in [-0.05, 0) is 19.8 Å². The van der Waals surface area contributed by atoms with Crippen LogP contribution in [0.4, 0.5) is 0 Å². The Hall–Kier alpha value is -1.37. The van der Waals surface area contributed by atoms with E-state index in [0.717, 1.165) is 0 Å². The van der Waals surface area contributed by atoms with Crippen LogP contribution in [0.2, 0.25) is 0 Å². The third-order valence-electron chi connectivity index (χ3n) is 3.76. The van der Waals surface area contributed by atoms with Crippen LogP contribution in [-0.4, -0.2) is 88.4 Å². The van der Waals surface area contributed by atoms with Gasteiger partial charge in [0.05, 0.1) is 18.9 Å².